The lowest BCUT2D eigenvalue weighted by molar-refractivity contribution is -0.144. The summed E-state index contributed by atoms with van der Waals surface area (Å²) < 4.78 is 13.7. The Labute approximate surface area is 107 Å². The van der Waals surface area contributed by atoms with E-state index in [-0.39, 0.29) is 5.60 Å². The van der Waals surface area contributed by atoms with Gasteiger partial charge in [-0.05, 0) is 25.7 Å². The maximum atomic E-state index is 6.06. The van der Waals surface area contributed by atoms with Crippen LogP contribution in [0.15, 0.2) is 12.4 Å². The third kappa shape index (κ3) is 2.18. The van der Waals surface area contributed by atoms with Gasteiger partial charge in [-0.3, -0.25) is 0 Å². The lowest BCUT2D eigenvalue weighted by atomic mass is 9.84. The Balaban J connectivity index is 1.77. The van der Waals surface area contributed by atoms with E-state index in [0.29, 0.717) is 12.6 Å². The summed E-state index contributed by atoms with van der Waals surface area (Å²) in [6, 6.07) is 0.470. The van der Waals surface area contributed by atoms with Crippen LogP contribution in [0.2, 0.25) is 0 Å². The molecule has 0 radical (unpaired) electrons. The molecule has 1 aromatic rings. The van der Waals surface area contributed by atoms with Crippen molar-refractivity contribution in [2.75, 3.05) is 19.8 Å². The van der Waals surface area contributed by atoms with Crippen molar-refractivity contribution in [1.82, 2.24) is 9.55 Å². The van der Waals surface area contributed by atoms with E-state index in [9.17, 15) is 0 Å². The average molecular weight is 251 g/mol. The molecule has 0 saturated carbocycles. The van der Waals surface area contributed by atoms with Gasteiger partial charge in [0.2, 0.25) is 0 Å². The quantitative estimate of drug-likeness (QED) is 0.859. The summed E-state index contributed by atoms with van der Waals surface area (Å²) in [5.74, 6) is 0.976. The molecule has 2 aliphatic heterocycles. The van der Waals surface area contributed by atoms with Gasteiger partial charge in [0.25, 0.3) is 0 Å². The molecule has 1 atom stereocenters. The first-order chi connectivity index (χ1) is 8.83. The number of hydrogen-bond acceptors (Lipinski definition) is 4. The summed E-state index contributed by atoms with van der Waals surface area (Å²) in [6.07, 6.45) is 8.01. The molecule has 0 amide bonds. The van der Waals surface area contributed by atoms with Crippen LogP contribution in [0, 0.1) is 0 Å². The Hall–Kier alpha value is -0.910. The van der Waals surface area contributed by atoms with E-state index in [1.165, 1.54) is 0 Å². The van der Waals surface area contributed by atoms with Gasteiger partial charge < -0.3 is 19.8 Å². The minimum absolute atomic E-state index is 0.0251. The second kappa shape index (κ2) is 4.99. The van der Waals surface area contributed by atoms with Crippen LogP contribution in [0.4, 0.5) is 0 Å². The Kier molecular flexibility index (Phi) is 3.37. The second-order valence-electron chi connectivity index (χ2n) is 5.25. The van der Waals surface area contributed by atoms with E-state index in [2.05, 4.69) is 9.55 Å². The predicted octanol–water partition coefficient (Wildman–Crippen LogP) is 1.24. The highest BCUT2D eigenvalue weighted by Gasteiger charge is 2.39. The van der Waals surface area contributed by atoms with E-state index in [1.807, 2.05) is 12.4 Å². The zero-order valence-corrected chi connectivity index (χ0v) is 10.7. The van der Waals surface area contributed by atoms with Gasteiger partial charge in [-0.2, -0.15) is 0 Å². The number of nitrogens with two attached hydrogens (primary N) is 1. The zero-order chi connectivity index (χ0) is 12.4. The molecule has 0 aromatic carbocycles. The number of aromatic nitrogens is 2. The van der Waals surface area contributed by atoms with Gasteiger partial charge in [-0.1, -0.05) is 0 Å². The number of rotatable bonds is 2. The molecule has 18 heavy (non-hydrogen) atoms. The standard InChI is InChI=1S/C13H21N3O2/c14-10-12-15-4-5-16(12)11-1-6-18-13(9-11)2-7-17-8-3-13/h4-5,11H,1-3,6-10,14H2. The Morgan fingerprint density at radius 1 is 1.39 bits per heavy atom. The van der Waals surface area contributed by atoms with Crippen LogP contribution in [-0.4, -0.2) is 35.0 Å². The first-order valence-electron chi connectivity index (χ1n) is 6.76. The SMILES string of the molecule is NCc1nccn1C1CCOC2(CCOCC2)C1. The zero-order valence-electron chi connectivity index (χ0n) is 10.7. The largest absolute Gasteiger partial charge is 0.381 e. The fraction of sp³-hybridized carbons (Fsp3) is 0.769. The van der Waals surface area contributed by atoms with Crippen molar-refractivity contribution in [3.8, 4) is 0 Å². The third-order valence-corrected chi connectivity index (χ3v) is 4.20. The maximum absolute atomic E-state index is 6.06. The van der Waals surface area contributed by atoms with Crippen molar-refractivity contribution in [1.29, 1.82) is 0 Å². The average Bonchev–Trinajstić information content (AvgIpc) is 2.88. The van der Waals surface area contributed by atoms with Crippen molar-refractivity contribution in [3.05, 3.63) is 18.2 Å². The minimum atomic E-state index is 0.0251. The fourth-order valence-electron chi connectivity index (χ4n) is 3.17. The Morgan fingerprint density at radius 3 is 3.00 bits per heavy atom. The van der Waals surface area contributed by atoms with E-state index >= 15 is 0 Å². The highest BCUT2D eigenvalue weighted by molar-refractivity contribution is 4.99. The summed E-state index contributed by atoms with van der Waals surface area (Å²) in [5, 5.41) is 0. The Morgan fingerprint density at radius 2 is 2.22 bits per heavy atom. The summed E-state index contributed by atoms with van der Waals surface area (Å²) >= 11 is 0. The molecule has 5 nitrogen and oxygen atoms in total. The van der Waals surface area contributed by atoms with E-state index in [1.54, 1.807) is 0 Å². The second-order valence-corrected chi connectivity index (χ2v) is 5.25. The van der Waals surface area contributed by atoms with Crippen LogP contribution >= 0.6 is 0 Å². The van der Waals surface area contributed by atoms with Crippen molar-refractivity contribution < 1.29 is 9.47 Å². The van der Waals surface area contributed by atoms with E-state index < -0.39 is 0 Å². The molecule has 1 spiro atoms. The maximum Gasteiger partial charge on any atom is 0.122 e. The lowest BCUT2D eigenvalue weighted by Crippen LogP contribution is -2.45. The molecule has 5 heteroatoms. The van der Waals surface area contributed by atoms with Gasteiger partial charge in [0, 0.05) is 38.3 Å². The highest BCUT2D eigenvalue weighted by Crippen LogP contribution is 2.39. The summed E-state index contributed by atoms with van der Waals surface area (Å²) in [4.78, 5) is 4.32. The highest BCUT2D eigenvalue weighted by atomic mass is 16.5. The van der Waals surface area contributed by atoms with Crippen LogP contribution in [0.1, 0.15) is 37.5 Å². The van der Waals surface area contributed by atoms with Crippen LogP contribution < -0.4 is 5.73 Å². The molecule has 1 aromatic heterocycles. The molecule has 2 fully saturated rings. The van der Waals surface area contributed by atoms with Gasteiger partial charge in [-0.15, -0.1) is 0 Å². The lowest BCUT2D eigenvalue weighted by Gasteiger charge is -2.43. The first kappa shape index (κ1) is 12.1. The third-order valence-electron chi connectivity index (χ3n) is 4.20. The van der Waals surface area contributed by atoms with E-state index in [0.717, 1.165) is 51.3 Å². The van der Waals surface area contributed by atoms with Crippen LogP contribution in [0.3, 0.4) is 0 Å². The smallest absolute Gasteiger partial charge is 0.122 e. The normalized spacial score (nSPS) is 27.5. The van der Waals surface area contributed by atoms with Gasteiger partial charge in [0.05, 0.1) is 12.1 Å². The molecule has 2 N–H and O–H groups in total. The van der Waals surface area contributed by atoms with Crippen LogP contribution in [0.5, 0.6) is 0 Å². The first-order valence-corrected chi connectivity index (χ1v) is 6.76. The molecule has 0 aliphatic carbocycles. The number of nitrogens with zero attached hydrogens (tertiary/aromatic N) is 2. The van der Waals surface area contributed by atoms with Crippen molar-refractivity contribution in [2.24, 2.45) is 5.73 Å². The topological polar surface area (TPSA) is 62.3 Å². The molecule has 3 heterocycles. The van der Waals surface area contributed by atoms with Gasteiger partial charge in [0.15, 0.2) is 0 Å². The van der Waals surface area contributed by atoms with Crippen molar-refractivity contribution in [3.63, 3.8) is 0 Å². The minimum Gasteiger partial charge on any atom is -0.381 e. The summed E-state index contributed by atoms with van der Waals surface area (Å²) in [7, 11) is 0. The van der Waals surface area contributed by atoms with Gasteiger partial charge >= 0.3 is 0 Å². The summed E-state index contributed by atoms with van der Waals surface area (Å²) in [6.45, 7) is 2.97. The number of imidazole rings is 1. The van der Waals surface area contributed by atoms with Gasteiger partial charge in [0.1, 0.15) is 5.82 Å². The Bertz CT molecular complexity index is 393. The molecular formula is C13H21N3O2. The van der Waals surface area contributed by atoms with Gasteiger partial charge in [-0.25, -0.2) is 4.98 Å². The summed E-state index contributed by atoms with van der Waals surface area (Å²) in [5.41, 5.74) is 5.76. The van der Waals surface area contributed by atoms with E-state index in [4.69, 9.17) is 15.2 Å². The molecule has 2 aliphatic rings. The molecule has 0 bridgehead atoms. The fourth-order valence-corrected chi connectivity index (χ4v) is 3.17. The molecular weight excluding hydrogens is 230 g/mol. The van der Waals surface area contributed by atoms with Crippen LogP contribution in [-0.2, 0) is 16.0 Å². The van der Waals surface area contributed by atoms with Crippen molar-refractivity contribution >= 4 is 0 Å². The predicted molar refractivity (Wildman–Crippen MR) is 67.1 cm³/mol. The molecule has 100 valence electrons. The number of hydrogen-bond donors (Lipinski definition) is 1. The molecule has 2 saturated heterocycles. The molecule has 3 rings (SSSR count). The molecule has 1 unspecified atom stereocenters. The van der Waals surface area contributed by atoms with Crippen LogP contribution in [0.25, 0.3) is 0 Å². The van der Waals surface area contributed by atoms with Crippen molar-refractivity contribution in [2.45, 2.75) is 43.9 Å². The number of ether oxygens (including phenoxy) is 2. The monoisotopic (exact) mass is 251 g/mol.